The van der Waals surface area contributed by atoms with Crippen molar-refractivity contribution in [3.05, 3.63) is 23.2 Å². The van der Waals surface area contributed by atoms with E-state index in [-0.39, 0.29) is 12.4 Å². The molecule has 2 rings (SSSR count). The first kappa shape index (κ1) is 16.0. The predicted octanol–water partition coefficient (Wildman–Crippen LogP) is -0.308. The number of aliphatic hydroxyl groups excluding tert-OH is 1. The summed E-state index contributed by atoms with van der Waals surface area (Å²) in [5.74, 6) is 5.80. The molecule has 0 unspecified atom stereocenters. The third kappa shape index (κ3) is 4.28. The number of β-amino-alcohol motifs (C(OH)–C–C–N with tert-alkyl or cyclic N) is 1. The van der Waals surface area contributed by atoms with Gasteiger partial charge in [-0.1, -0.05) is 0 Å². The molecule has 0 bridgehead atoms. The monoisotopic (exact) mass is 296 g/mol. The van der Waals surface area contributed by atoms with E-state index in [9.17, 15) is 4.79 Å². The van der Waals surface area contributed by atoms with Gasteiger partial charge in [-0.05, 0) is 32.5 Å². The normalized spacial score (nSPS) is 17.7. The molecule has 7 heteroatoms. The van der Waals surface area contributed by atoms with Crippen LogP contribution in [-0.2, 0) is 6.54 Å². The van der Waals surface area contributed by atoms with Gasteiger partial charge < -0.3 is 9.52 Å². The zero-order chi connectivity index (χ0) is 15.2. The average molecular weight is 296 g/mol. The molecule has 7 nitrogen and oxygen atoms in total. The number of nitrogens with two attached hydrogens (primary N) is 1. The lowest BCUT2D eigenvalue weighted by molar-refractivity contribution is 0.0921. The number of nitrogen functional groups attached to an aromatic ring is 1. The maximum Gasteiger partial charge on any atom is 0.301 e. The second kappa shape index (κ2) is 7.56. The van der Waals surface area contributed by atoms with Gasteiger partial charge in [0.1, 0.15) is 5.76 Å². The molecule has 4 N–H and O–H groups in total. The summed E-state index contributed by atoms with van der Waals surface area (Å²) < 4.78 is 5.60. The van der Waals surface area contributed by atoms with Crippen molar-refractivity contribution in [2.45, 2.75) is 19.9 Å². The maximum absolute atomic E-state index is 11.5. The van der Waals surface area contributed by atoms with Crippen molar-refractivity contribution in [3.8, 4) is 0 Å². The van der Waals surface area contributed by atoms with Gasteiger partial charge >= 0.3 is 5.91 Å². The standard InChI is InChI=1S/C14H24N4O3/c1-11-9-12(21-13(11)14(20)16-15)10-18-4-2-3-17(5-6-18)7-8-19/h9,19H,2-8,10,15H2,1H3,(H,16,20). The van der Waals surface area contributed by atoms with Crippen LogP contribution in [0.1, 0.15) is 28.3 Å². The third-order valence-electron chi connectivity index (χ3n) is 3.78. The van der Waals surface area contributed by atoms with E-state index in [2.05, 4.69) is 15.2 Å². The van der Waals surface area contributed by atoms with E-state index in [1.807, 2.05) is 13.0 Å². The molecule has 21 heavy (non-hydrogen) atoms. The Bertz CT molecular complexity index is 475. The number of furan rings is 1. The van der Waals surface area contributed by atoms with Crippen molar-refractivity contribution in [2.24, 2.45) is 5.84 Å². The topological polar surface area (TPSA) is 95.0 Å². The summed E-state index contributed by atoms with van der Waals surface area (Å²) in [5, 5.41) is 9.00. The SMILES string of the molecule is Cc1cc(CN2CCCN(CCO)CC2)oc1C(=O)NN. The van der Waals surface area contributed by atoms with Crippen molar-refractivity contribution < 1.29 is 14.3 Å². The lowest BCUT2D eigenvalue weighted by atomic mass is 10.2. The number of amides is 1. The van der Waals surface area contributed by atoms with Gasteiger partial charge in [-0.2, -0.15) is 0 Å². The lowest BCUT2D eigenvalue weighted by Crippen LogP contribution is -2.32. The summed E-state index contributed by atoms with van der Waals surface area (Å²) in [6, 6.07) is 1.89. The van der Waals surface area contributed by atoms with Crippen LogP contribution in [0.15, 0.2) is 10.5 Å². The van der Waals surface area contributed by atoms with Crippen LogP contribution in [0.25, 0.3) is 0 Å². The first-order valence-electron chi connectivity index (χ1n) is 7.30. The van der Waals surface area contributed by atoms with Crippen molar-refractivity contribution in [1.82, 2.24) is 15.2 Å². The summed E-state index contributed by atoms with van der Waals surface area (Å²) in [6.45, 7) is 7.32. The number of hydrogen-bond donors (Lipinski definition) is 3. The largest absolute Gasteiger partial charge is 0.454 e. The molecule has 0 atom stereocenters. The van der Waals surface area contributed by atoms with Gasteiger partial charge in [-0.15, -0.1) is 0 Å². The zero-order valence-electron chi connectivity index (χ0n) is 12.5. The molecular weight excluding hydrogens is 272 g/mol. The Morgan fingerprint density at radius 2 is 2.10 bits per heavy atom. The number of nitrogens with one attached hydrogen (secondary N) is 1. The number of hydrazine groups is 1. The van der Waals surface area contributed by atoms with Crippen LogP contribution in [0.3, 0.4) is 0 Å². The van der Waals surface area contributed by atoms with E-state index in [1.165, 1.54) is 0 Å². The Labute approximate surface area is 124 Å². The van der Waals surface area contributed by atoms with Gasteiger partial charge in [0.2, 0.25) is 0 Å². The molecule has 0 aromatic carbocycles. The highest BCUT2D eigenvalue weighted by Crippen LogP contribution is 2.17. The summed E-state index contributed by atoms with van der Waals surface area (Å²) in [4.78, 5) is 16.1. The van der Waals surface area contributed by atoms with E-state index >= 15 is 0 Å². The first-order valence-corrected chi connectivity index (χ1v) is 7.30. The molecule has 1 fully saturated rings. The van der Waals surface area contributed by atoms with Crippen molar-refractivity contribution in [3.63, 3.8) is 0 Å². The molecule has 0 aliphatic carbocycles. The van der Waals surface area contributed by atoms with Crippen LogP contribution in [0.4, 0.5) is 0 Å². The van der Waals surface area contributed by atoms with Crippen LogP contribution >= 0.6 is 0 Å². The maximum atomic E-state index is 11.5. The molecule has 1 amide bonds. The fourth-order valence-corrected chi connectivity index (χ4v) is 2.68. The van der Waals surface area contributed by atoms with Crippen molar-refractivity contribution in [2.75, 3.05) is 39.3 Å². The quantitative estimate of drug-likeness (QED) is 0.392. The predicted molar refractivity (Wildman–Crippen MR) is 78.5 cm³/mol. The van der Waals surface area contributed by atoms with E-state index < -0.39 is 5.91 Å². The molecule has 1 aliphatic heterocycles. The highest BCUT2D eigenvalue weighted by atomic mass is 16.4. The number of carbonyl (C=O) groups excluding carboxylic acids is 1. The summed E-state index contributed by atoms with van der Waals surface area (Å²) >= 11 is 0. The Balaban J connectivity index is 1.94. The van der Waals surface area contributed by atoms with Gasteiger partial charge in [0, 0.05) is 25.2 Å². The van der Waals surface area contributed by atoms with Crippen LogP contribution < -0.4 is 11.3 Å². The zero-order valence-corrected chi connectivity index (χ0v) is 12.5. The Morgan fingerprint density at radius 3 is 2.81 bits per heavy atom. The number of aliphatic hydroxyl groups is 1. The van der Waals surface area contributed by atoms with Gasteiger partial charge in [-0.25, -0.2) is 5.84 Å². The highest BCUT2D eigenvalue weighted by Gasteiger charge is 2.18. The molecule has 118 valence electrons. The fraction of sp³-hybridized carbons (Fsp3) is 0.643. The van der Waals surface area contributed by atoms with Gasteiger partial charge in [0.15, 0.2) is 5.76 Å². The number of aryl methyl sites for hydroxylation is 1. The van der Waals surface area contributed by atoms with Crippen LogP contribution in [0.2, 0.25) is 0 Å². The van der Waals surface area contributed by atoms with Crippen molar-refractivity contribution >= 4 is 5.91 Å². The Hall–Kier alpha value is -1.41. The average Bonchev–Trinajstić information content (AvgIpc) is 2.69. The molecule has 2 heterocycles. The number of nitrogens with zero attached hydrogens (tertiary/aromatic N) is 2. The minimum absolute atomic E-state index is 0.203. The first-order chi connectivity index (χ1) is 10.1. The van der Waals surface area contributed by atoms with E-state index in [0.717, 1.165) is 50.5 Å². The lowest BCUT2D eigenvalue weighted by Gasteiger charge is -2.20. The molecule has 0 radical (unpaired) electrons. The molecular formula is C14H24N4O3. The smallest absolute Gasteiger partial charge is 0.301 e. The van der Waals surface area contributed by atoms with E-state index in [4.69, 9.17) is 15.4 Å². The third-order valence-corrected chi connectivity index (χ3v) is 3.78. The van der Waals surface area contributed by atoms with Crippen molar-refractivity contribution in [1.29, 1.82) is 0 Å². The summed E-state index contributed by atoms with van der Waals surface area (Å²) in [5.41, 5.74) is 2.89. The van der Waals surface area contributed by atoms with Crippen LogP contribution in [-0.4, -0.2) is 60.1 Å². The molecule has 1 saturated heterocycles. The highest BCUT2D eigenvalue weighted by molar-refractivity contribution is 5.92. The Kier molecular flexibility index (Phi) is 5.75. The number of carbonyl (C=O) groups is 1. The summed E-state index contributed by atoms with van der Waals surface area (Å²) in [6.07, 6.45) is 1.07. The molecule has 0 spiro atoms. The minimum atomic E-state index is -0.399. The molecule has 1 aromatic heterocycles. The van der Waals surface area contributed by atoms with Gasteiger partial charge in [0.25, 0.3) is 0 Å². The number of rotatable bonds is 5. The molecule has 0 saturated carbocycles. The fourth-order valence-electron chi connectivity index (χ4n) is 2.68. The second-order valence-electron chi connectivity index (χ2n) is 5.39. The second-order valence-corrected chi connectivity index (χ2v) is 5.39. The van der Waals surface area contributed by atoms with Gasteiger partial charge in [0.05, 0.1) is 13.2 Å². The van der Waals surface area contributed by atoms with Crippen LogP contribution in [0, 0.1) is 6.92 Å². The summed E-state index contributed by atoms with van der Waals surface area (Å²) in [7, 11) is 0. The minimum Gasteiger partial charge on any atom is -0.454 e. The molecule has 1 aromatic rings. The van der Waals surface area contributed by atoms with Gasteiger partial charge in [-0.3, -0.25) is 20.0 Å². The van der Waals surface area contributed by atoms with E-state index in [0.29, 0.717) is 6.54 Å². The Morgan fingerprint density at radius 1 is 1.38 bits per heavy atom. The number of hydrogen-bond acceptors (Lipinski definition) is 6. The van der Waals surface area contributed by atoms with E-state index in [1.54, 1.807) is 0 Å². The molecule has 1 aliphatic rings. The van der Waals surface area contributed by atoms with Crippen LogP contribution in [0.5, 0.6) is 0 Å².